The van der Waals surface area contributed by atoms with Gasteiger partial charge in [-0.3, -0.25) is 4.79 Å². The Morgan fingerprint density at radius 2 is 2.06 bits per heavy atom. The molecule has 1 aliphatic rings. The van der Waals surface area contributed by atoms with Gasteiger partial charge in [0.15, 0.2) is 0 Å². The van der Waals surface area contributed by atoms with Crippen molar-refractivity contribution in [3.63, 3.8) is 0 Å². The highest BCUT2D eigenvalue weighted by Crippen LogP contribution is 2.29. The predicted octanol–water partition coefficient (Wildman–Crippen LogP) is 1.82. The van der Waals surface area contributed by atoms with Gasteiger partial charge in [-0.1, -0.05) is 23.7 Å². The van der Waals surface area contributed by atoms with E-state index < -0.39 is 0 Å². The molecule has 4 heteroatoms. The zero-order valence-corrected chi connectivity index (χ0v) is 9.83. The highest BCUT2D eigenvalue weighted by atomic mass is 35.5. The molecule has 1 fully saturated rings. The molecular formula is C12H14ClNO2. The van der Waals surface area contributed by atoms with Crippen LogP contribution in [0.4, 0.5) is 0 Å². The maximum absolute atomic E-state index is 11.6. The lowest BCUT2D eigenvalue weighted by molar-refractivity contribution is -0.145. The minimum atomic E-state index is -0.148. The normalized spacial score (nSPS) is 24.4. The van der Waals surface area contributed by atoms with Gasteiger partial charge in [-0.2, -0.15) is 0 Å². The van der Waals surface area contributed by atoms with Crippen LogP contribution in [0.25, 0.3) is 0 Å². The van der Waals surface area contributed by atoms with Crippen molar-refractivity contribution in [3.05, 3.63) is 34.9 Å². The summed E-state index contributed by atoms with van der Waals surface area (Å²) in [6.07, 6.45) is 0. The summed E-state index contributed by atoms with van der Waals surface area (Å²) in [7, 11) is 1.43. The summed E-state index contributed by atoms with van der Waals surface area (Å²) in [4.78, 5) is 11.6. The third-order valence-corrected chi connectivity index (χ3v) is 3.27. The second kappa shape index (κ2) is 4.85. The average Bonchev–Trinajstić information content (AvgIpc) is 2.78. The number of hydrogen-bond acceptors (Lipinski definition) is 3. The SMILES string of the molecule is COC(=O)[C@H]1CNC[C@H]1c1ccc(Cl)cc1. The fourth-order valence-electron chi connectivity index (χ4n) is 2.14. The number of carbonyl (C=O) groups excluding carboxylic acids is 1. The topological polar surface area (TPSA) is 38.3 Å². The number of ether oxygens (including phenoxy) is 1. The van der Waals surface area contributed by atoms with Gasteiger partial charge in [0.25, 0.3) is 0 Å². The first-order chi connectivity index (χ1) is 7.72. The predicted molar refractivity (Wildman–Crippen MR) is 62.6 cm³/mol. The lowest BCUT2D eigenvalue weighted by atomic mass is 9.89. The van der Waals surface area contributed by atoms with Crippen molar-refractivity contribution in [1.82, 2.24) is 5.32 Å². The van der Waals surface area contributed by atoms with Gasteiger partial charge in [-0.05, 0) is 17.7 Å². The molecule has 2 atom stereocenters. The Kier molecular flexibility index (Phi) is 3.46. The molecule has 0 unspecified atom stereocenters. The number of rotatable bonds is 2. The molecule has 16 heavy (non-hydrogen) atoms. The number of hydrogen-bond donors (Lipinski definition) is 1. The molecule has 1 saturated heterocycles. The summed E-state index contributed by atoms with van der Waals surface area (Å²) in [6.45, 7) is 1.49. The average molecular weight is 240 g/mol. The summed E-state index contributed by atoms with van der Waals surface area (Å²) in [5.41, 5.74) is 1.13. The number of methoxy groups -OCH3 is 1. The van der Waals surface area contributed by atoms with Crippen LogP contribution in [0, 0.1) is 5.92 Å². The van der Waals surface area contributed by atoms with Crippen LogP contribution in [-0.2, 0) is 9.53 Å². The Morgan fingerprint density at radius 3 is 2.69 bits per heavy atom. The van der Waals surface area contributed by atoms with Crippen LogP contribution in [0.3, 0.4) is 0 Å². The van der Waals surface area contributed by atoms with E-state index in [4.69, 9.17) is 16.3 Å². The standard InChI is InChI=1S/C12H14ClNO2/c1-16-12(15)11-7-14-6-10(11)8-2-4-9(13)5-3-8/h2-5,10-11,14H,6-7H2,1H3/t10-,11-/m0/s1. The highest BCUT2D eigenvalue weighted by molar-refractivity contribution is 6.30. The van der Waals surface area contributed by atoms with Crippen LogP contribution in [0.5, 0.6) is 0 Å². The highest BCUT2D eigenvalue weighted by Gasteiger charge is 2.34. The molecule has 1 aromatic rings. The minimum Gasteiger partial charge on any atom is -0.469 e. The van der Waals surface area contributed by atoms with Crippen LogP contribution >= 0.6 is 11.6 Å². The number of halogens is 1. The molecule has 0 radical (unpaired) electrons. The summed E-state index contributed by atoms with van der Waals surface area (Å²) >= 11 is 5.84. The molecule has 0 saturated carbocycles. The second-order valence-corrected chi connectivity index (χ2v) is 4.38. The van der Waals surface area contributed by atoms with Gasteiger partial charge in [0, 0.05) is 24.0 Å². The molecule has 0 aliphatic carbocycles. The van der Waals surface area contributed by atoms with Gasteiger partial charge in [0.2, 0.25) is 0 Å². The first-order valence-electron chi connectivity index (χ1n) is 5.26. The third kappa shape index (κ3) is 2.20. The van der Waals surface area contributed by atoms with Crippen molar-refractivity contribution in [3.8, 4) is 0 Å². The van der Waals surface area contributed by atoms with Crippen molar-refractivity contribution >= 4 is 17.6 Å². The van der Waals surface area contributed by atoms with Crippen molar-refractivity contribution in [2.75, 3.05) is 20.2 Å². The minimum absolute atomic E-state index is 0.0915. The Balaban J connectivity index is 2.19. The van der Waals surface area contributed by atoms with Gasteiger partial charge < -0.3 is 10.1 Å². The Morgan fingerprint density at radius 1 is 1.38 bits per heavy atom. The molecule has 0 amide bonds. The quantitative estimate of drug-likeness (QED) is 0.800. The summed E-state index contributed by atoms with van der Waals surface area (Å²) in [5.74, 6) is -0.0548. The molecule has 0 aromatic heterocycles. The van der Waals surface area contributed by atoms with Gasteiger partial charge in [0.05, 0.1) is 13.0 Å². The van der Waals surface area contributed by atoms with E-state index in [1.165, 1.54) is 7.11 Å². The monoisotopic (exact) mass is 239 g/mol. The lowest BCUT2D eigenvalue weighted by Crippen LogP contribution is -2.22. The van der Waals surface area contributed by atoms with Crippen molar-refractivity contribution < 1.29 is 9.53 Å². The summed E-state index contributed by atoms with van der Waals surface area (Å²) in [6, 6.07) is 7.64. The third-order valence-electron chi connectivity index (χ3n) is 3.02. The Labute approximate surface area is 99.7 Å². The van der Waals surface area contributed by atoms with E-state index in [-0.39, 0.29) is 17.8 Å². The summed E-state index contributed by atoms with van der Waals surface area (Å²) in [5, 5.41) is 3.93. The zero-order chi connectivity index (χ0) is 11.5. The van der Waals surface area contributed by atoms with E-state index in [2.05, 4.69) is 5.32 Å². The number of carbonyl (C=O) groups is 1. The van der Waals surface area contributed by atoms with Crippen LogP contribution in [0.1, 0.15) is 11.5 Å². The maximum Gasteiger partial charge on any atom is 0.310 e. The number of benzene rings is 1. The number of nitrogens with one attached hydrogen (secondary N) is 1. The van der Waals surface area contributed by atoms with Crippen LogP contribution < -0.4 is 5.32 Å². The first-order valence-corrected chi connectivity index (χ1v) is 5.64. The lowest BCUT2D eigenvalue weighted by Gasteiger charge is -2.16. The van der Waals surface area contributed by atoms with Gasteiger partial charge >= 0.3 is 5.97 Å². The van der Waals surface area contributed by atoms with Crippen LogP contribution in [0.2, 0.25) is 5.02 Å². The molecule has 0 bridgehead atoms. The fourth-order valence-corrected chi connectivity index (χ4v) is 2.26. The Bertz CT molecular complexity index is 377. The smallest absolute Gasteiger partial charge is 0.310 e. The maximum atomic E-state index is 11.6. The molecule has 3 nitrogen and oxygen atoms in total. The van der Waals surface area contributed by atoms with E-state index in [1.807, 2.05) is 24.3 Å². The van der Waals surface area contributed by atoms with Crippen molar-refractivity contribution in [1.29, 1.82) is 0 Å². The van der Waals surface area contributed by atoms with E-state index >= 15 is 0 Å². The molecule has 1 heterocycles. The summed E-state index contributed by atoms with van der Waals surface area (Å²) < 4.78 is 4.80. The van der Waals surface area contributed by atoms with Gasteiger partial charge in [-0.15, -0.1) is 0 Å². The van der Waals surface area contributed by atoms with E-state index in [1.54, 1.807) is 0 Å². The van der Waals surface area contributed by atoms with E-state index in [9.17, 15) is 4.79 Å². The first kappa shape index (κ1) is 11.4. The fraction of sp³-hybridized carbons (Fsp3) is 0.417. The molecule has 2 rings (SSSR count). The number of esters is 1. The largest absolute Gasteiger partial charge is 0.469 e. The second-order valence-electron chi connectivity index (χ2n) is 3.95. The molecule has 1 aromatic carbocycles. The van der Waals surface area contributed by atoms with Gasteiger partial charge in [0.1, 0.15) is 0 Å². The van der Waals surface area contributed by atoms with E-state index in [0.29, 0.717) is 11.6 Å². The Hall–Kier alpha value is -1.06. The molecular weight excluding hydrogens is 226 g/mol. The molecule has 86 valence electrons. The zero-order valence-electron chi connectivity index (χ0n) is 9.07. The van der Waals surface area contributed by atoms with E-state index in [0.717, 1.165) is 12.1 Å². The van der Waals surface area contributed by atoms with Crippen LogP contribution in [-0.4, -0.2) is 26.2 Å². The van der Waals surface area contributed by atoms with Crippen LogP contribution in [0.15, 0.2) is 24.3 Å². The molecule has 1 aliphatic heterocycles. The van der Waals surface area contributed by atoms with Crippen molar-refractivity contribution in [2.45, 2.75) is 5.92 Å². The van der Waals surface area contributed by atoms with Gasteiger partial charge in [-0.25, -0.2) is 0 Å². The van der Waals surface area contributed by atoms with Crippen molar-refractivity contribution in [2.24, 2.45) is 5.92 Å². The molecule has 1 N–H and O–H groups in total. The molecule has 0 spiro atoms.